The van der Waals surface area contributed by atoms with Gasteiger partial charge in [0.2, 0.25) is 5.91 Å². The molecule has 0 unspecified atom stereocenters. The SMILES string of the molecule is CCc1ccc2c(c1)[C@H](NC[C@@H](O)[C@H](CCc1ccccc1)NC(=O)CN1CCCO1)CC1(CCCCC1)S2(=O)=O. The van der Waals surface area contributed by atoms with Crippen LogP contribution in [0.3, 0.4) is 0 Å². The average molecular weight is 584 g/mol. The van der Waals surface area contributed by atoms with E-state index < -0.39 is 26.7 Å². The van der Waals surface area contributed by atoms with Crippen molar-refractivity contribution in [1.29, 1.82) is 0 Å². The van der Waals surface area contributed by atoms with Gasteiger partial charge in [0.25, 0.3) is 0 Å². The van der Waals surface area contributed by atoms with Gasteiger partial charge in [-0.25, -0.2) is 8.42 Å². The minimum Gasteiger partial charge on any atom is -0.390 e. The molecule has 2 heterocycles. The number of hydroxylamine groups is 2. The maximum atomic E-state index is 13.9. The molecule has 5 rings (SSSR count). The smallest absolute Gasteiger partial charge is 0.236 e. The summed E-state index contributed by atoms with van der Waals surface area (Å²) in [5.74, 6) is -0.174. The molecule has 2 aliphatic heterocycles. The van der Waals surface area contributed by atoms with Crippen LogP contribution in [0.15, 0.2) is 53.4 Å². The summed E-state index contributed by atoms with van der Waals surface area (Å²) in [6, 6.07) is 15.2. The molecule has 2 fully saturated rings. The number of aliphatic hydroxyl groups excluding tert-OH is 1. The number of aryl methyl sites for hydroxylation is 2. The maximum Gasteiger partial charge on any atom is 0.236 e. The average Bonchev–Trinajstić information content (AvgIpc) is 3.50. The number of nitrogens with one attached hydrogen (secondary N) is 2. The van der Waals surface area contributed by atoms with Gasteiger partial charge in [-0.2, -0.15) is 5.06 Å². The quantitative estimate of drug-likeness (QED) is 0.369. The van der Waals surface area contributed by atoms with Gasteiger partial charge in [-0.3, -0.25) is 9.63 Å². The van der Waals surface area contributed by atoms with Crippen molar-refractivity contribution < 1.29 is 23.2 Å². The van der Waals surface area contributed by atoms with E-state index in [0.29, 0.717) is 37.2 Å². The number of hydrogen-bond donors (Lipinski definition) is 3. The van der Waals surface area contributed by atoms with Gasteiger partial charge in [-0.1, -0.05) is 68.7 Å². The van der Waals surface area contributed by atoms with Gasteiger partial charge in [0.05, 0.1) is 28.4 Å². The molecule has 1 saturated heterocycles. The molecule has 1 spiro atoms. The van der Waals surface area contributed by atoms with Crippen molar-refractivity contribution in [2.45, 2.75) is 99.0 Å². The third-order valence-corrected chi connectivity index (χ3v) is 11.8. The molecule has 8 nitrogen and oxygen atoms in total. The van der Waals surface area contributed by atoms with Gasteiger partial charge in [-0.05, 0) is 67.7 Å². The van der Waals surface area contributed by atoms with E-state index in [9.17, 15) is 18.3 Å². The Morgan fingerprint density at radius 3 is 2.59 bits per heavy atom. The van der Waals surface area contributed by atoms with Crippen LogP contribution in [-0.4, -0.2) is 67.6 Å². The molecule has 224 valence electrons. The summed E-state index contributed by atoms with van der Waals surface area (Å²) >= 11 is 0. The number of nitrogens with zero attached hydrogens (tertiary/aromatic N) is 1. The van der Waals surface area contributed by atoms with E-state index in [4.69, 9.17) is 4.84 Å². The van der Waals surface area contributed by atoms with E-state index in [1.807, 2.05) is 30.3 Å². The highest BCUT2D eigenvalue weighted by Gasteiger charge is 2.51. The van der Waals surface area contributed by atoms with Crippen LogP contribution in [0.25, 0.3) is 0 Å². The second-order valence-electron chi connectivity index (χ2n) is 12.0. The second kappa shape index (κ2) is 13.3. The Morgan fingerprint density at radius 1 is 1.10 bits per heavy atom. The molecule has 1 aliphatic carbocycles. The van der Waals surface area contributed by atoms with Gasteiger partial charge < -0.3 is 15.7 Å². The van der Waals surface area contributed by atoms with Crippen molar-refractivity contribution in [3.05, 3.63) is 65.2 Å². The first kappa shape index (κ1) is 30.2. The zero-order valence-corrected chi connectivity index (χ0v) is 25.0. The summed E-state index contributed by atoms with van der Waals surface area (Å²) in [6.45, 7) is 3.80. The summed E-state index contributed by atoms with van der Waals surface area (Å²) in [5.41, 5.74) is 3.05. The van der Waals surface area contributed by atoms with Gasteiger partial charge in [0, 0.05) is 19.1 Å². The first-order valence-electron chi connectivity index (χ1n) is 15.3. The van der Waals surface area contributed by atoms with Crippen LogP contribution in [0.2, 0.25) is 0 Å². The monoisotopic (exact) mass is 583 g/mol. The lowest BCUT2D eigenvalue weighted by molar-refractivity contribution is -0.143. The number of sulfone groups is 1. The minimum atomic E-state index is -3.46. The Hall–Kier alpha value is -2.30. The molecular formula is C32H45N3O5S. The van der Waals surface area contributed by atoms with Crippen LogP contribution in [0.4, 0.5) is 0 Å². The molecule has 0 aromatic heterocycles. The number of benzene rings is 2. The molecule has 9 heteroatoms. The normalized spacial score (nSPS) is 23.1. The molecule has 1 saturated carbocycles. The van der Waals surface area contributed by atoms with E-state index in [2.05, 4.69) is 29.7 Å². The van der Waals surface area contributed by atoms with Crippen LogP contribution in [0, 0.1) is 0 Å². The van der Waals surface area contributed by atoms with Gasteiger partial charge in [-0.15, -0.1) is 0 Å². The van der Waals surface area contributed by atoms with Gasteiger partial charge >= 0.3 is 0 Å². The van der Waals surface area contributed by atoms with Crippen molar-refractivity contribution in [3.63, 3.8) is 0 Å². The number of hydrogen-bond acceptors (Lipinski definition) is 7. The summed E-state index contributed by atoms with van der Waals surface area (Å²) < 4.78 is 27.1. The Balaban J connectivity index is 1.33. The Kier molecular flexibility index (Phi) is 9.81. The van der Waals surface area contributed by atoms with E-state index in [0.717, 1.165) is 61.8 Å². The fourth-order valence-corrected chi connectivity index (χ4v) is 9.22. The van der Waals surface area contributed by atoms with Gasteiger partial charge in [0.15, 0.2) is 9.84 Å². The molecule has 2 aromatic rings. The first-order valence-corrected chi connectivity index (χ1v) is 16.8. The molecule has 3 N–H and O–H groups in total. The third-order valence-electron chi connectivity index (χ3n) is 9.18. The Bertz CT molecular complexity index is 1270. The predicted molar refractivity (Wildman–Crippen MR) is 159 cm³/mol. The lowest BCUT2D eigenvalue weighted by Gasteiger charge is -2.44. The number of amides is 1. The lowest BCUT2D eigenvalue weighted by Crippen LogP contribution is -2.52. The molecule has 0 radical (unpaired) electrons. The number of carbonyl (C=O) groups excluding carboxylic acids is 1. The number of carbonyl (C=O) groups is 1. The summed E-state index contributed by atoms with van der Waals surface area (Å²) in [5, 5.41) is 19.7. The molecular weight excluding hydrogens is 538 g/mol. The Labute approximate surface area is 244 Å². The van der Waals surface area contributed by atoms with E-state index in [1.165, 1.54) is 0 Å². The van der Waals surface area contributed by atoms with E-state index >= 15 is 0 Å². The maximum absolute atomic E-state index is 13.9. The molecule has 1 amide bonds. The van der Waals surface area contributed by atoms with E-state index in [-0.39, 0.29) is 25.0 Å². The van der Waals surface area contributed by atoms with Crippen molar-refractivity contribution in [2.75, 3.05) is 26.2 Å². The fourth-order valence-electron chi connectivity index (χ4n) is 6.78. The van der Waals surface area contributed by atoms with Crippen molar-refractivity contribution in [3.8, 4) is 0 Å². The summed E-state index contributed by atoms with van der Waals surface area (Å²) in [6.07, 6.45) is 6.96. The summed E-state index contributed by atoms with van der Waals surface area (Å²) in [7, 11) is -3.46. The summed E-state index contributed by atoms with van der Waals surface area (Å²) in [4.78, 5) is 18.8. The van der Waals surface area contributed by atoms with Crippen LogP contribution in [0.5, 0.6) is 0 Å². The van der Waals surface area contributed by atoms with Crippen LogP contribution >= 0.6 is 0 Å². The molecule has 3 aliphatic rings. The molecule has 3 atom stereocenters. The molecule has 41 heavy (non-hydrogen) atoms. The molecule has 2 aromatic carbocycles. The topological polar surface area (TPSA) is 108 Å². The highest BCUT2D eigenvalue weighted by atomic mass is 32.2. The first-order chi connectivity index (χ1) is 19.8. The number of fused-ring (bicyclic) bond motifs is 1. The van der Waals surface area contributed by atoms with Crippen LogP contribution in [0.1, 0.15) is 81.0 Å². The van der Waals surface area contributed by atoms with Crippen molar-refractivity contribution >= 4 is 15.7 Å². The second-order valence-corrected chi connectivity index (χ2v) is 14.3. The standard InChI is InChI=1S/C32H45N3O5S/c1-2-24-13-15-30-26(20-24)28(21-32(41(30,38)39)16-7-4-8-17-32)33-22-29(36)27(14-12-25-10-5-3-6-11-25)34-31(37)23-35-18-9-19-40-35/h3,5-6,10-11,13,15,20,27-29,33,36H,2,4,7-9,12,14,16-19,21-23H2,1H3,(H,34,37)/t27-,28+,29+/m0/s1. The number of rotatable bonds is 11. The zero-order valence-electron chi connectivity index (χ0n) is 24.2. The highest BCUT2D eigenvalue weighted by molar-refractivity contribution is 7.93. The Morgan fingerprint density at radius 2 is 1.88 bits per heavy atom. The van der Waals surface area contributed by atoms with Crippen molar-refractivity contribution in [2.24, 2.45) is 0 Å². The van der Waals surface area contributed by atoms with Gasteiger partial charge in [0.1, 0.15) is 6.54 Å². The zero-order chi connectivity index (χ0) is 28.9. The van der Waals surface area contributed by atoms with Crippen molar-refractivity contribution in [1.82, 2.24) is 15.7 Å². The fraction of sp³-hybridized carbons (Fsp3) is 0.594. The third kappa shape index (κ3) is 6.86. The predicted octanol–water partition coefficient (Wildman–Crippen LogP) is 3.88. The lowest BCUT2D eigenvalue weighted by atomic mass is 9.81. The molecule has 0 bridgehead atoms. The largest absolute Gasteiger partial charge is 0.390 e. The van der Waals surface area contributed by atoms with E-state index in [1.54, 1.807) is 11.1 Å². The number of aliphatic hydroxyl groups is 1. The highest BCUT2D eigenvalue weighted by Crippen LogP contribution is 2.50. The minimum absolute atomic E-state index is 0.137. The van der Waals surface area contributed by atoms with Crippen LogP contribution < -0.4 is 10.6 Å². The van der Waals surface area contributed by atoms with Crippen LogP contribution in [-0.2, 0) is 32.3 Å².